The molecule has 0 aromatic heterocycles. The van der Waals surface area contributed by atoms with Crippen LogP contribution in [-0.2, 0) is 4.79 Å². The van der Waals surface area contributed by atoms with E-state index < -0.39 is 17.2 Å². The molecule has 6 heteroatoms. The summed E-state index contributed by atoms with van der Waals surface area (Å²) in [5.74, 6) is -0.781. The van der Waals surface area contributed by atoms with E-state index in [1.807, 2.05) is 6.92 Å². The molecule has 1 atom stereocenters. The maximum atomic E-state index is 12.7. The fraction of sp³-hybridized carbons (Fsp3) is 0.917. The monoisotopic (exact) mass is 302 g/mol. The van der Waals surface area contributed by atoms with Crippen molar-refractivity contribution in [1.29, 1.82) is 0 Å². The molecule has 0 saturated heterocycles. The van der Waals surface area contributed by atoms with E-state index >= 15 is 0 Å². The van der Waals surface area contributed by atoms with Gasteiger partial charge in [0.2, 0.25) is 5.12 Å². The highest BCUT2D eigenvalue weighted by atomic mass is 32.2. The second-order valence-corrected chi connectivity index (χ2v) is 5.73. The van der Waals surface area contributed by atoms with Gasteiger partial charge in [-0.15, -0.1) is 0 Å². The van der Waals surface area contributed by atoms with E-state index in [4.69, 9.17) is 0 Å². The Kier molecular flexibility index (Phi) is 10.1. The molecule has 0 aromatic carbocycles. The number of alkyl halides is 3. The topological polar surface area (TPSA) is 17.1 Å². The minimum absolute atomic E-state index is 0.0732. The quantitative estimate of drug-likeness (QED) is 0.490. The zero-order valence-corrected chi connectivity index (χ0v) is 12.3. The third kappa shape index (κ3) is 8.29. The summed E-state index contributed by atoms with van der Waals surface area (Å²) in [7, 11) is 0. The SMILES string of the molecule is CCCCCCC(C(=O)SCCCS)C(F)(F)F. The van der Waals surface area contributed by atoms with Crippen LogP contribution in [0.5, 0.6) is 0 Å². The lowest BCUT2D eigenvalue weighted by Crippen LogP contribution is -2.29. The van der Waals surface area contributed by atoms with Crippen LogP contribution < -0.4 is 0 Å². The zero-order valence-electron chi connectivity index (χ0n) is 10.6. The molecule has 0 aliphatic rings. The second-order valence-electron chi connectivity index (χ2n) is 4.19. The van der Waals surface area contributed by atoms with Crippen molar-refractivity contribution in [1.82, 2.24) is 0 Å². The number of rotatable bonds is 9. The molecule has 1 nitrogen and oxygen atoms in total. The number of unbranched alkanes of at least 4 members (excludes halogenated alkanes) is 3. The van der Waals surface area contributed by atoms with Gasteiger partial charge in [-0.25, -0.2) is 0 Å². The molecule has 1 unspecified atom stereocenters. The van der Waals surface area contributed by atoms with Crippen molar-refractivity contribution in [2.24, 2.45) is 5.92 Å². The van der Waals surface area contributed by atoms with Gasteiger partial charge in [0.15, 0.2) is 0 Å². The molecular weight excluding hydrogens is 281 g/mol. The average Bonchev–Trinajstić information content (AvgIpc) is 2.27. The van der Waals surface area contributed by atoms with Crippen LogP contribution in [0.3, 0.4) is 0 Å². The summed E-state index contributed by atoms with van der Waals surface area (Å²) in [6.45, 7) is 2.00. The Morgan fingerprint density at radius 3 is 2.39 bits per heavy atom. The number of thioether (sulfide) groups is 1. The van der Waals surface area contributed by atoms with E-state index in [2.05, 4.69) is 12.6 Å². The Balaban J connectivity index is 4.18. The number of halogens is 3. The first kappa shape index (κ1) is 18.2. The molecule has 0 amide bonds. The molecule has 0 spiro atoms. The van der Waals surface area contributed by atoms with Crippen molar-refractivity contribution in [3.8, 4) is 0 Å². The Morgan fingerprint density at radius 2 is 1.89 bits per heavy atom. The van der Waals surface area contributed by atoms with Crippen molar-refractivity contribution >= 4 is 29.5 Å². The van der Waals surface area contributed by atoms with Gasteiger partial charge in [0.05, 0.1) is 0 Å². The molecule has 0 rings (SSSR count). The normalized spacial score (nSPS) is 13.6. The van der Waals surface area contributed by atoms with E-state index in [-0.39, 0.29) is 6.42 Å². The van der Waals surface area contributed by atoms with Gasteiger partial charge in [0.1, 0.15) is 5.92 Å². The molecule has 0 aliphatic carbocycles. The van der Waals surface area contributed by atoms with Crippen molar-refractivity contribution in [3.05, 3.63) is 0 Å². The second kappa shape index (κ2) is 10.0. The van der Waals surface area contributed by atoms with Crippen LogP contribution in [0.15, 0.2) is 0 Å². The van der Waals surface area contributed by atoms with Gasteiger partial charge in [0, 0.05) is 5.75 Å². The van der Waals surface area contributed by atoms with E-state index in [0.717, 1.165) is 31.0 Å². The molecule has 0 saturated carbocycles. The number of hydrogen-bond donors (Lipinski definition) is 1. The first-order valence-corrected chi connectivity index (χ1v) is 7.89. The summed E-state index contributed by atoms with van der Waals surface area (Å²) in [6, 6.07) is 0. The Labute approximate surface area is 117 Å². The average molecular weight is 302 g/mol. The molecule has 0 aromatic rings. The highest BCUT2D eigenvalue weighted by molar-refractivity contribution is 8.13. The van der Waals surface area contributed by atoms with Crippen LogP contribution in [0, 0.1) is 5.92 Å². The minimum Gasteiger partial charge on any atom is -0.287 e. The minimum atomic E-state index is -4.41. The Hall–Kier alpha value is 0.160. The number of thiol groups is 1. The van der Waals surface area contributed by atoms with Crippen molar-refractivity contribution in [3.63, 3.8) is 0 Å². The highest BCUT2D eigenvalue weighted by Crippen LogP contribution is 2.34. The predicted molar refractivity (Wildman–Crippen MR) is 74.2 cm³/mol. The van der Waals surface area contributed by atoms with Gasteiger partial charge >= 0.3 is 6.18 Å². The first-order chi connectivity index (χ1) is 8.43. The van der Waals surface area contributed by atoms with Crippen molar-refractivity contribution in [2.45, 2.75) is 51.6 Å². The summed E-state index contributed by atoms with van der Waals surface area (Å²) in [6.07, 6.45) is -0.700. The van der Waals surface area contributed by atoms with Gasteiger partial charge in [-0.3, -0.25) is 4.79 Å². The molecule has 0 heterocycles. The van der Waals surface area contributed by atoms with Crippen LogP contribution in [0.25, 0.3) is 0 Å². The van der Waals surface area contributed by atoms with Gasteiger partial charge in [-0.05, 0) is 18.6 Å². The van der Waals surface area contributed by atoms with E-state index in [1.54, 1.807) is 0 Å². The summed E-state index contributed by atoms with van der Waals surface area (Å²) >= 11 is 4.76. The van der Waals surface area contributed by atoms with E-state index in [1.165, 1.54) is 0 Å². The van der Waals surface area contributed by atoms with Crippen LogP contribution in [0.2, 0.25) is 0 Å². The number of carbonyl (C=O) groups excluding carboxylic acids is 1. The summed E-state index contributed by atoms with van der Waals surface area (Å²) in [5.41, 5.74) is 0. The first-order valence-electron chi connectivity index (χ1n) is 6.27. The predicted octanol–water partition coefficient (Wildman–Crippen LogP) is 4.72. The molecule has 18 heavy (non-hydrogen) atoms. The smallest absolute Gasteiger partial charge is 0.287 e. The standard InChI is InChI=1S/C12H21F3OS2/c1-2-3-4-5-7-10(12(13,14)15)11(16)18-9-6-8-17/h10,17H,2-9H2,1H3. The van der Waals surface area contributed by atoms with Gasteiger partial charge < -0.3 is 0 Å². The molecule has 0 fully saturated rings. The maximum Gasteiger partial charge on any atom is 0.399 e. The lowest BCUT2D eigenvalue weighted by molar-refractivity contribution is -0.177. The lowest BCUT2D eigenvalue weighted by atomic mass is 10.0. The lowest BCUT2D eigenvalue weighted by Gasteiger charge is -2.18. The summed E-state index contributed by atoms with van der Waals surface area (Å²) in [4.78, 5) is 11.5. The van der Waals surface area contributed by atoms with Gasteiger partial charge in [-0.2, -0.15) is 25.8 Å². The van der Waals surface area contributed by atoms with Crippen molar-refractivity contribution < 1.29 is 18.0 Å². The fourth-order valence-corrected chi connectivity index (χ4v) is 2.84. The van der Waals surface area contributed by atoms with Crippen LogP contribution in [-0.4, -0.2) is 22.8 Å². The van der Waals surface area contributed by atoms with Crippen LogP contribution in [0.4, 0.5) is 13.2 Å². The third-order valence-corrected chi connectivity index (χ3v) is 3.95. The van der Waals surface area contributed by atoms with E-state index in [0.29, 0.717) is 24.3 Å². The number of hydrogen-bond acceptors (Lipinski definition) is 3. The maximum absolute atomic E-state index is 12.7. The van der Waals surface area contributed by atoms with E-state index in [9.17, 15) is 18.0 Å². The highest BCUT2D eigenvalue weighted by Gasteiger charge is 2.43. The molecule has 0 radical (unpaired) electrons. The third-order valence-electron chi connectivity index (χ3n) is 2.57. The largest absolute Gasteiger partial charge is 0.399 e. The van der Waals surface area contributed by atoms with Gasteiger partial charge in [-0.1, -0.05) is 44.4 Å². The molecular formula is C12H21F3OS2. The Morgan fingerprint density at radius 1 is 1.22 bits per heavy atom. The van der Waals surface area contributed by atoms with Crippen LogP contribution in [0.1, 0.15) is 45.4 Å². The van der Waals surface area contributed by atoms with Gasteiger partial charge in [0.25, 0.3) is 0 Å². The zero-order chi connectivity index (χ0) is 14.0. The number of carbonyl (C=O) groups is 1. The summed E-state index contributed by atoms with van der Waals surface area (Å²) in [5, 5.41) is -0.735. The van der Waals surface area contributed by atoms with Crippen LogP contribution >= 0.6 is 24.4 Å². The fourth-order valence-electron chi connectivity index (χ4n) is 1.53. The summed E-state index contributed by atoms with van der Waals surface area (Å²) < 4.78 is 38.2. The molecule has 0 aliphatic heterocycles. The molecule has 108 valence electrons. The molecule has 0 bridgehead atoms. The van der Waals surface area contributed by atoms with Crippen molar-refractivity contribution in [2.75, 3.05) is 11.5 Å². The Bertz CT molecular complexity index is 232. The molecule has 0 N–H and O–H groups in total.